The molecule has 2 amide bonds. The van der Waals surface area contributed by atoms with Crippen LogP contribution in [0, 0.1) is 0 Å². The number of rotatable bonds is 7. The molecule has 0 saturated heterocycles. The summed E-state index contributed by atoms with van der Waals surface area (Å²) >= 11 is 23.8. The van der Waals surface area contributed by atoms with E-state index in [-0.39, 0.29) is 37.8 Å². The minimum Gasteiger partial charge on any atom is -0.338 e. The van der Waals surface area contributed by atoms with Crippen molar-refractivity contribution < 1.29 is 22.8 Å². The molecule has 2 rings (SSSR count). The minimum absolute atomic E-state index is 0.0307. The van der Waals surface area contributed by atoms with E-state index < -0.39 is 23.9 Å². The summed E-state index contributed by atoms with van der Waals surface area (Å²) in [5.41, 5.74) is 0.312. The molecular weight excluding hydrogens is 523 g/mol. The molecule has 178 valence electrons. The molecular formula is C22H19Cl4F3N2O2. The number of hydrogen-bond acceptors (Lipinski definition) is 2. The predicted octanol–water partition coefficient (Wildman–Crippen LogP) is 7.50. The van der Waals surface area contributed by atoms with E-state index >= 15 is 0 Å². The Kier molecular flexibility index (Phi) is 9.49. The highest BCUT2D eigenvalue weighted by Crippen LogP contribution is 2.41. The maximum atomic E-state index is 13.7. The first-order valence-electron chi connectivity index (χ1n) is 9.56. The van der Waals surface area contributed by atoms with E-state index in [9.17, 15) is 22.8 Å². The van der Waals surface area contributed by atoms with Gasteiger partial charge in [-0.3, -0.25) is 4.79 Å². The fraction of sp³-hybridized carbons (Fsp3) is 0.273. The summed E-state index contributed by atoms with van der Waals surface area (Å²) in [7, 11) is 1.46. The van der Waals surface area contributed by atoms with Crippen LogP contribution in [0.25, 0.3) is 6.08 Å². The molecule has 0 spiro atoms. The number of urea groups is 1. The van der Waals surface area contributed by atoms with Crippen molar-refractivity contribution in [3.8, 4) is 0 Å². The lowest BCUT2D eigenvalue weighted by molar-refractivity contribution is -0.139. The molecule has 1 unspecified atom stereocenters. The van der Waals surface area contributed by atoms with Gasteiger partial charge in [-0.15, -0.1) is 0 Å². The molecule has 33 heavy (non-hydrogen) atoms. The molecule has 2 aromatic carbocycles. The number of nitrogens with one attached hydrogen (secondary N) is 1. The standard InChI is InChI=1S/C22H19Cl4F3N2O2/c1-3-30-21(33)31(2)11-19(32)14-6-4-12(8-16(14)23)5-7-15(22(27,28)29)13-9-17(24)20(26)18(25)10-13/h4-10,15H,3,11H2,1-2H3,(H,30,33)/b7-5+. The number of allylic oxidation sites excluding steroid dienone is 1. The number of Topliss-reactive ketones (excluding diaryl/α,β-unsaturated/α-hetero) is 1. The Morgan fingerprint density at radius 3 is 2.18 bits per heavy atom. The Morgan fingerprint density at radius 1 is 1.06 bits per heavy atom. The van der Waals surface area contributed by atoms with Crippen LogP contribution in [0.3, 0.4) is 0 Å². The van der Waals surface area contributed by atoms with Gasteiger partial charge in [0.2, 0.25) is 0 Å². The number of ketones is 1. The smallest absolute Gasteiger partial charge is 0.338 e. The highest BCUT2D eigenvalue weighted by atomic mass is 35.5. The number of amides is 2. The van der Waals surface area contributed by atoms with Gasteiger partial charge in [0, 0.05) is 19.2 Å². The summed E-state index contributed by atoms with van der Waals surface area (Å²) in [6.45, 7) is 1.94. The van der Waals surface area contributed by atoms with Crippen LogP contribution in [0.5, 0.6) is 0 Å². The molecule has 0 radical (unpaired) electrons. The fourth-order valence-corrected chi connectivity index (χ4v) is 3.80. The second-order valence-electron chi connectivity index (χ2n) is 7.03. The normalized spacial score (nSPS) is 12.6. The fourth-order valence-electron chi connectivity index (χ4n) is 2.89. The molecule has 4 nitrogen and oxygen atoms in total. The molecule has 0 aliphatic heterocycles. The summed E-state index contributed by atoms with van der Waals surface area (Å²) in [4.78, 5) is 25.4. The predicted molar refractivity (Wildman–Crippen MR) is 127 cm³/mol. The van der Waals surface area contributed by atoms with Crippen LogP contribution in [0.4, 0.5) is 18.0 Å². The summed E-state index contributed by atoms with van der Waals surface area (Å²) < 4.78 is 41.1. The molecule has 0 saturated carbocycles. The van der Waals surface area contributed by atoms with Crippen molar-refractivity contribution in [3.63, 3.8) is 0 Å². The van der Waals surface area contributed by atoms with Crippen molar-refractivity contribution in [2.45, 2.75) is 19.0 Å². The molecule has 0 fully saturated rings. The lowest BCUT2D eigenvalue weighted by atomic mass is 9.96. The van der Waals surface area contributed by atoms with Crippen molar-refractivity contribution in [3.05, 3.63) is 73.2 Å². The topological polar surface area (TPSA) is 49.4 Å². The van der Waals surface area contributed by atoms with Gasteiger partial charge in [0.25, 0.3) is 0 Å². The highest BCUT2D eigenvalue weighted by Gasteiger charge is 2.39. The van der Waals surface area contributed by atoms with Crippen molar-refractivity contribution in [1.29, 1.82) is 0 Å². The van der Waals surface area contributed by atoms with Gasteiger partial charge in [-0.1, -0.05) is 64.6 Å². The lowest BCUT2D eigenvalue weighted by Gasteiger charge is -2.18. The quantitative estimate of drug-likeness (QED) is 0.291. The monoisotopic (exact) mass is 540 g/mol. The van der Waals surface area contributed by atoms with Gasteiger partial charge >= 0.3 is 12.2 Å². The SMILES string of the molecule is CCNC(=O)N(C)CC(=O)c1ccc(/C=C/C(c2cc(Cl)c(Cl)c(Cl)c2)C(F)(F)F)cc1Cl. The number of likely N-dealkylation sites (N-methyl/N-ethyl adjacent to an activating group) is 1. The maximum Gasteiger partial charge on any atom is 0.399 e. The molecule has 11 heteroatoms. The first-order chi connectivity index (χ1) is 15.3. The number of hydrogen-bond donors (Lipinski definition) is 1. The van der Waals surface area contributed by atoms with Gasteiger partial charge in [-0.25, -0.2) is 4.79 Å². The Hall–Kier alpha value is -1.93. The van der Waals surface area contributed by atoms with Crippen molar-refractivity contribution in [2.75, 3.05) is 20.1 Å². The van der Waals surface area contributed by atoms with Gasteiger partial charge in [-0.2, -0.15) is 13.2 Å². The first kappa shape index (κ1) is 27.3. The van der Waals surface area contributed by atoms with E-state index in [1.165, 1.54) is 36.2 Å². The summed E-state index contributed by atoms with van der Waals surface area (Å²) in [6, 6.07) is 6.02. The molecule has 2 aromatic rings. The van der Waals surface area contributed by atoms with Gasteiger partial charge in [-0.05, 0) is 42.3 Å². The van der Waals surface area contributed by atoms with Crippen LogP contribution in [0.1, 0.15) is 34.3 Å². The van der Waals surface area contributed by atoms with Gasteiger partial charge < -0.3 is 10.2 Å². The second kappa shape index (κ2) is 11.5. The zero-order valence-electron chi connectivity index (χ0n) is 17.4. The van der Waals surface area contributed by atoms with Gasteiger partial charge in [0.05, 0.1) is 32.6 Å². The van der Waals surface area contributed by atoms with Crippen molar-refractivity contribution in [2.24, 2.45) is 0 Å². The maximum absolute atomic E-state index is 13.7. The molecule has 0 heterocycles. The number of carbonyl (C=O) groups is 2. The van der Waals surface area contributed by atoms with E-state index in [1.54, 1.807) is 6.92 Å². The second-order valence-corrected chi connectivity index (χ2v) is 8.63. The van der Waals surface area contributed by atoms with Crippen LogP contribution in [0.2, 0.25) is 20.1 Å². The Balaban J connectivity index is 2.27. The van der Waals surface area contributed by atoms with E-state index in [2.05, 4.69) is 5.32 Å². The zero-order valence-corrected chi connectivity index (χ0v) is 20.5. The third-order valence-corrected chi connectivity index (χ3v) is 6.06. The molecule has 0 bridgehead atoms. The van der Waals surface area contributed by atoms with Crippen LogP contribution >= 0.6 is 46.4 Å². The molecule has 1 atom stereocenters. The number of alkyl halides is 3. The Labute approximate surface area is 209 Å². The minimum atomic E-state index is -4.62. The van der Waals surface area contributed by atoms with E-state index in [0.29, 0.717) is 12.1 Å². The molecule has 0 aliphatic carbocycles. The average Bonchev–Trinajstić information content (AvgIpc) is 2.71. The summed E-state index contributed by atoms with van der Waals surface area (Å²) in [5.74, 6) is -2.42. The average molecular weight is 542 g/mol. The van der Waals surface area contributed by atoms with Crippen LogP contribution in [0.15, 0.2) is 36.4 Å². The number of halogens is 7. The number of nitrogens with zero attached hydrogens (tertiary/aromatic N) is 1. The van der Waals surface area contributed by atoms with E-state index in [1.807, 2.05) is 0 Å². The summed E-state index contributed by atoms with van der Waals surface area (Å²) in [5, 5.41) is 2.40. The van der Waals surface area contributed by atoms with Crippen LogP contribution < -0.4 is 5.32 Å². The van der Waals surface area contributed by atoms with Gasteiger partial charge in [0.1, 0.15) is 0 Å². The van der Waals surface area contributed by atoms with E-state index in [0.717, 1.165) is 18.2 Å². The molecule has 0 aromatic heterocycles. The zero-order chi connectivity index (χ0) is 24.9. The third-order valence-electron chi connectivity index (χ3n) is 4.55. The third kappa shape index (κ3) is 7.27. The van der Waals surface area contributed by atoms with Crippen molar-refractivity contribution in [1.82, 2.24) is 10.2 Å². The lowest BCUT2D eigenvalue weighted by Crippen LogP contribution is -2.40. The Bertz CT molecular complexity index is 1050. The summed E-state index contributed by atoms with van der Waals surface area (Å²) in [6.07, 6.45) is -2.46. The van der Waals surface area contributed by atoms with Crippen LogP contribution in [-0.2, 0) is 0 Å². The van der Waals surface area contributed by atoms with Gasteiger partial charge in [0.15, 0.2) is 5.78 Å². The number of benzene rings is 2. The molecule has 1 N–H and O–H groups in total. The van der Waals surface area contributed by atoms with E-state index in [4.69, 9.17) is 46.4 Å². The van der Waals surface area contributed by atoms with Crippen LogP contribution in [-0.4, -0.2) is 43.0 Å². The van der Waals surface area contributed by atoms with Crippen molar-refractivity contribution >= 4 is 64.3 Å². The number of carbonyl (C=O) groups excluding carboxylic acids is 2. The largest absolute Gasteiger partial charge is 0.399 e. The Morgan fingerprint density at radius 2 is 1.67 bits per heavy atom. The highest BCUT2D eigenvalue weighted by molar-refractivity contribution is 6.48. The molecule has 0 aliphatic rings. The first-order valence-corrected chi connectivity index (χ1v) is 11.1.